The van der Waals surface area contributed by atoms with E-state index >= 15 is 0 Å². The lowest BCUT2D eigenvalue weighted by molar-refractivity contribution is 0.435. The number of aromatic nitrogens is 2. The second kappa shape index (κ2) is 28.3. The Kier molecular flexibility index (Phi) is 26.4. The lowest BCUT2D eigenvalue weighted by Gasteiger charge is -2.20. The van der Waals surface area contributed by atoms with Crippen LogP contribution in [0.5, 0.6) is 0 Å². The van der Waals surface area contributed by atoms with E-state index in [9.17, 15) is 0 Å². The number of rotatable bonds is 31. The summed E-state index contributed by atoms with van der Waals surface area (Å²) in [6.45, 7) is 9.42. The Hall–Kier alpha value is -0.790. The zero-order valence-corrected chi connectivity index (χ0v) is 28.2. The van der Waals surface area contributed by atoms with E-state index in [0.29, 0.717) is 12.0 Å². The summed E-state index contributed by atoms with van der Waals surface area (Å²) in [6, 6.07) is 0.587. The van der Waals surface area contributed by atoms with Crippen LogP contribution in [0.3, 0.4) is 0 Å². The van der Waals surface area contributed by atoms with Crippen molar-refractivity contribution in [1.82, 2.24) is 9.55 Å². The number of nitrogens with zero attached hydrogens (tertiary/aromatic N) is 2. The SMILES string of the molecule is CCCCCCCCCCCCCCCCC(C)n1ccnc1C(C)CCCCCCCCCCCCCCC. The van der Waals surface area contributed by atoms with Crippen LogP contribution in [0.4, 0.5) is 0 Å². The van der Waals surface area contributed by atoms with Gasteiger partial charge in [-0.1, -0.05) is 194 Å². The highest BCUT2D eigenvalue weighted by molar-refractivity contribution is 5.01. The number of hydrogen-bond donors (Lipinski definition) is 0. The maximum Gasteiger partial charge on any atom is 0.111 e. The summed E-state index contributed by atoms with van der Waals surface area (Å²) in [5, 5.41) is 0. The number of unbranched alkanes of at least 4 members (excludes halogenated alkanes) is 25. The first-order chi connectivity index (χ1) is 19.7. The van der Waals surface area contributed by atoms with Crippen LogP contribution in [0.2, 0.25) is 0 Å². The Morgan fingerprint density at radius 1 is 0.475 bits per heavy atom. The predicted octanol–water partition coefficient (Wildman–Crippen LogP) is 13.9. The quantitative estimate of drug-likeness (QED) is 0.0828. The van der Waals surface area contributed by atoms with E-state index in [2.05, 4.69) is 38.5 Å². The fourth-order valence-electron chi connectivity index (χ4n) is 6.45. The van der Waals surface area contributed by atoms with Crippen LogP contribution in [0.15, 0.2) is 12.4 Å². The summed E-state index contributed by atoms with van der Waals surface area (Å²) in [5.74, 6) is 1.92. The largest absolute Gasteiger partial charge is 0.332 e. The van der Waals surface area contributed by atoms with Gasteiger partial charge in [-0.2, -0.15) is 0 Å². The van der Waals surface area contributed by atoms with Gasteiger partial charge < -0.3 is 4.57 Å². The molecule has 1 aromatic heterocycles. The molecule has 2 nitrogen and oxygen atoms in total. The lowest BCUT2D eigenvalue weighted by Crippen LogP contribution is -2.11. The summed E-state index contributed by atoms with van der Waals surface area (Å²) in [7, 11) is 0. The van der Waals surface area contributed by atoms with Crippen LogP contribution in [-0.4, -0.2) is 9.55 Å². The van der Waals surface area contributed by atoms with Gasteiger partial charge in [0.05, 0.1) is 0 Å². The maximum atomic E-state index is 4.80. The van der Waals surface area contributed by atoms with E-state index in [1.807, 2.05) is 6.20 Å². The van der Waals surface area contributed by atoms with Crippen molar-refractivity contribution in [1.29, 1.82) is 0 Å². The minimum Gasteiger partial charge on any atom is -0.332 e. The molecule has 0 aromatic carbocycles. The molecule has 0 bridgehead atoms. The second-order valence-corrected chi connectivity index (χ2v) is 13.4. The molecule has 0 aliphatic heterocycles. The molecule has 40 heavy (non-hydrogen) atoms. The Labute approximate surface area is 253 Å². The van der Waals surface area contributed by atoms with Crippen LogP contribution in [0, 0.1) is 0 Å². The Morgan fingerprint density at radius 3 is 1.18 bits per heavy atom. The number of hydrogen-bond acceptors (Lipinski definition) is 1. The molecule has 0 aliphatic carbocycles. The molecule has 0 aliphatic rings. The molecule has 2 heteroatoms. The second-order valence-electron chi connectivity index (χ2n) is 13.4. The van der Waals surface area contributed by atoms with Crippen molar-refractivity contribution in [2.24, 2.45) is 0 Å². The zero-order valence-electron chi connectivity index (χ0n) is 28.2. The van der Waals surface area contributed by atoms with Gasteiger partial charge in [0.1, 0.15) is 5.82 Å². The molecule has 0 fully saturated rings. The molecule has 0 radical (unpaired) electrons. The lowest BCUT2D eigenvalue weighted by atomic mass is 9.99. The van der Waals surface area contributed by atoms with Crippen molar-refractivity contribution >= 4 is 0 Å². The van der Waals surface area contributed by atoms with Gasteiger partial charge in [0.2, 0.25) is 0 Å². The van der Waals surface area contributed by atoms with Gasteiger partial charge in [-0.25, -0.2) is 4.98 Å². The normalized spacial score (nSPS) is 13.2. The van der Waals surface area contributed by atoms with Crippen LogP contribution in [0.1, 0.15) is 232 Å². The van der Waals surface area contributed by atoms with Crippen LogP contribution >= 0.6 is 0 Å². The van der Waals surface area contributed by atoms with Gasteiger partial charge in [0.15, 0.2) is 0 Å². The molecule has 0 saturated carbocycles. The van der Waals surface area contributed by atoms with Gasteiger partial charge in [0, 0.05) is 24.4 Å². The first kappa shape index (κ1) is 37.2. The molecule has 2 atom stereocenters. The van der Waals surface area contributed by atoms with Crippen molar-refractivity contribution in [2.75, 3.05) is 0 Å². The summed E-state index contributed by atoms with van der Waals surface area (Å²) >= 11 is 0. The average molecular weight is 559 g/mol. The molecule has 0 N–H and O–H groups in total. The van der Waals surface area contributed by atoms with Crippen molar-refractivity contribution in [2.45, 2.75) is 226 Å². The molecule has 1 aromatic rings. The first-order valence-electron chi connectivity index (χ1n) is 18.7. The van der Waals surface area contributed by atoms with Gasteiger partial charge in [-0.3, -0.25) is 0 Å². The predicted molar refractivity (Wildman–Crippen MR) is 181 cm³/mol. The van der Waals surface area contributed by atoms with Crippen molar-refractivity contribution in [3.8, 4) is 0 Å². The zero-order chi connectivity index (χ0) is 28.9. The standard InChI is InChI=1S/C38H74N2/c1-5-7-9-11-13-15-17-19-21-23-25-27-29-31-33-37(4)40-35-34-39-38(40)36(3)32-30-28-26-24-22-20-18-16-14-12-10-8-6-2/h34-37H,5-33H2,1-4H3. The molecule has 2 unspecified atom stereocenters. The monoisotopic (exact) mass is 559 g/mol. The minimum absolute atomic E-state index is 0.585. The molecule has 0 saturated heterocycles. The first-order valence-corrected chi connectivity index (χ1v) is 18.7. The fraction of sp³-hybridized carbons (Fsp3) is 0.921. The van der Waals surface area contributed by atoms with E-state index in [1.165, 1.54) is 192 Å². The average Bonchev–Trinajstić information content (AvgIpc) is 3.46. The molecule has 1 rings (SSSR count). The molecular formula is C38H74N2. The Morgan fingerprint density at radius 2 is 0.800 bits per heavy atom. The Bertz CT molecular complexity index is 621. The van der Waals surface area contributed by atoms with Crippen molar-refractivity contribution < 1.29 is 0 Å². The molecule has 1 heterocycles. The smallest absolute Gasteiger partial charge is 0.111 e. The van der Waals surface area contributed by atoms with Gasteiger partial charge in [-0.15, -0.1) is 0 Å². The van der Waals surface area contributed by atoms with Crippen molar-refractivity contribution in [3.05, 3.63) is 18.2 Å². The third-order valence-electron chi connectivity index (χ3n) is 9.33. The van der Waals surface area contributed by atoms with Crippen LogP contribution in [0.25, 0.3) is 0 Å². The summed E-state index contributed by atoms with van der Waals surface area (Å²) < 4.78 is 2.50. The van der Waals surface area contributed by atoms with E-state index in [1.54, 1.807) is 0 Å². The third kappa shape index (κ3) is 21.0. The Balaban J connectivity index is 1.99. The number of imidazole rings is 1. The summed E-state index contributed by atoms with van der Waals surface area (Å²) in [4.78, 5) is 4.80. The highest BCUT2D eigenvalue weighted by atomic mass is 15.1. The summed E-state index contributed by atoms with van der Waals surface area (Å²) in [6.07, 6.45) is 45.6. The molecule has 0 amide bonds. The topological polar surface area (TPSA) is 17.8 Å². The van der Waals surface area contributed by atoms with Crippen LogP contribution in [-0.2, 0) is 0 Å². The highest BCUT2D eigenvalue weighted by Gasteiger charge is 2.15. The van der Waals surface area contributed by atoms with Gasteiger partial charge in [-0.05, 0) is 19.8 Å². The fourth-order valence-corrected chi connectivity index (χ4v) is 6.45. The van der Waals surface area contributed by atoms with E-state index in [-0.39, 0.29) is 0 Å². The third-order valence-corrected chi connectivity index (χ3v) is 9.33. The molecule has 0 spiro atoms. The highest BCUT2D eigenvalue weighted by Crippen LogP contribution is 2.26. The summed E-state index contributed by atoms with van der Waals surface area (Å²) in [5.41, 5.74) is 0. The van der Waals surface area contributed by atoms with Crippen LogP contribution < -0.4 is 0 Å². The molecule has 236 valence electrons. The van der Waals surface area contributed by atoms with Gasteiger partial charge in [0.25, 0.3) is 0 Å². The molecular weight excluding hydrogens is 484 g/mol. The maximum absolute atomic E-state index is 4.80. The van der Waals surface area contributed by atoms with Crippen molar-refractivity contribution in [3.63, 3.8) is 0 Å². The van der Waals surface area contributed by atoms with Gasteiger partial charge >= 0.3 is 0 Å². The minimum atomic E-state index is 0.585. The van der Waals surface area contributed by atoms with E-state index in [0.717, 1.165) is 0 Å². The van der Waals surface area contributed by atoms with E-state index in [4.69, 9.17) is 4.98 Å². The van der Waals surface area contributed by atoms with E-state index < -0.39 is 0 Å².